The minimum atomic E-state index is -0.0739. The molecule has 0 bridgehead atoms. The van der Waals surface area contributed by atoms with Crippen molar-refractivity contribution in [2.75, 3.05) is 13.1 Å². The molecule has 0 aliphatic carbocycles. The molecule has 124 valence electrons. The van der Waals surface area contributed by atoms with E-state index in [0.717, 1.165) is 29.8 Å². The summed E-state index contributed by atoms with van der Waals surface area (Å²) >= 11 is 1.57. The molecule has 0 saturated carbocycles. The Labute approximate surface area is 143 Å². The van der Waals surface area contributed by atoms with Crippen LogP contribution < -0.4 is 0 Å². The fourth-order valence-corrected chi connectivity index (χ4v) is 3.73. The number of hydrogen-bond donors (Lipinski definition) is 0. The predicted molar refractivity (Wildman–Crippen MR) is 91.0 cm³/mol. The van der Waals surface area contributed by atoms with Gasteiger partial charge in [0.2, 0.25) is 0 Å². The van der Waals surface area contributed by atoms with Gasteiger partial charge >= 0.3 is 0 Å². The van der Waals surface area contributed by atoms with Gasteiger partial charge in [-0.05, 0) is 36.8 Å². The number of amides is 1. The molecule has 3 aromatic rings. The van der Waals surface area contributed by atoms with Crippen molar-refractivity contribution in [3.05, 3.63) is 47.2 Å². The summed E-state index contributed by atoms with van der Waals surface area (Å²) in [5.74, 6) is 0.569. The third kappa shape index (κ3) is 2.87. The summed E-state index contributed by atoms with van der Waals surface area (Å²) in [6.07, 6.45) is 5.88. The highest BCUT2D eigenvalue weighted by atomic mass is 32.1. The molecule has 0 aromatic carbocycles. The van der Waals surface area contributed by atoms with Crippen LogP contribution in [0, 0.1) is 6.92 Å². The van der Waals surface area contributed by atoms with Gasteiger partial charge in [-0.1, -0.05) is 11.2 Å². The minimum absolute atomic E-state index is 0.0739. The number of carbonyl (C=O) groups is 1. The lowest BCUT2D eigenvalue weighted by Crippen LogP contribution is -2.41. The highest BCUT2D eigenvalue weighted by molar-refractivity contribution is 7.13. The first-order valence-corrected chi connectivity index (χ1v) is 8.89. The van der Waals surface area contributed by atoms with Gasteiger partial charge < -0.3 is 9.42 Å². The van der Waals surface area contributed by atoms with Crippen LogP contribution in [0.25, 0.3) is 10.6 Å². The molecule has 1 aliphatic rings. The topological polar surface area (TPSA) is 64.2 Å². The highest BCUT2D eigenvalue weighted by Gasteiger charge is 2.28. The van der Waals surface area contributed by atoms with E-state index < -0.39 is 0 Å². The first-order valence-electron chi connectivity index (χ1n) is 8.01. The van der Waals surface area contributed by atoms with Crippen LogP contribution in [0.15, 0.2) is 40.5 Å². The summed E-state index contributed by atoms with van der Waals surface area (Å²) in [6.45, 7) is 3.43. The fourth-order valence-electron chi connectivity index (χ4n) is 3.06. The van der Waals surface area contributed by atoms with Crippen molar-refractivity contribution >= 4 is 17.2 Å². The largest absolute Gasteiger partial charge is 0.355 e. The quantitative estimate of drug-likeness (QED) is 0.732. The molecule has 0 spiro atoms. The van der Waals surface area contributed by atoms with E-state index in [1.54, 1.807) is 17.4 Å². The molecule has 24 heavy (non-hydrogen) atoms. The van der Waals surface area contributed by atoms with Crippen LogP contribution in [-0.4, -0.2) is 38.8 Å². The molecular weight excluding hydrogens is 324 g/mol. The maximum absolute atomic E-state index is 12.7. The van der Waals surface area contributed by atoms with E-state index in [-0.39, 0.29) is 11.9 Å². The Balaban J connectivity index is 1.50. The van der Waals surface area contributed by atoms with Gasteiger partial charge in [-0.3, -0.25) is 9.48 Å². The van der Waals surface area contributed by atoms with Gasteiger partial charge in [-0.2, -0.15) is 5.10 Å². The molecule has 4 heterocycles. The number of likely N-dealkylation sites (tertiary alicyclic amines) is 1. The van der Waals surface area contributed by atoms with E-state index in [0.29, 0.717) is 18.0 Å². The van der Waals surface area contributed by atoms with Crippen LogP contribution in [0.2, 0.25) is 0 Å². The molecule has 4 rings (SSSR count). The number of carbonyl (C=O) groups excluding carboxylic acids is 1. The maximum Gasteiger partial charge on any atom is 0.276 e. The molecule has 3 aromatic heterocycles. The Kier molecular flexibility index (Phi) is 3.93. The van der Waals surface area contributed by atoms with E-state index >= 15 is 0 Å². The van der Waals surface area contributed by atoms with Crippen molar-refractivity contribution in [2.24, 2.45) is 0 Å². The van der Waals surface area contributed by atoms with E-state index in [2.05, 4.69) is 10.3 Å². The third-order valence-corrected chi connectivity index (χ3v) is 5.17. The zero-order valence-electron chi connectivity index (χ0n) is 13.4. The Morgan fingerprint density at radius 1 is 1.46 bits per heavy atom. The van der Waals surface area contributed by atoms with Crippen LogP contribution >= 0.6 is 11.3 Å². The Hall–Kier alpha value is -2.41. The number of hydrogen-bond acceptors (Lipinski definition) is 5. The number of rotatable bonds is 3. The van der Waals surface area contributed by atoms with Crippen molar-refractivity contribution in [1.82, 2.24) is 19.8 Å². The molecular formula is C17H18N4O2S. The normalized spacial score (nSPS) is 18.0. The average molecular weight is 342 g/mol. The summed E-state index contributed by atoms with van der Waals surface area (Å²) in [6, 6.07) is 5.86. The van der Waals surface area contributed by atoms with Crippen LogP contribution in [-0.2, 0) is 0 Å². The second-order valence-electron chi connectivity index (χ2n) is 6.10. The van der Waals surface area contributed by atoms with E-state index in [4.69, 9.17) is 4.52 Å². The van der Waals surface area contributed by atoms with E-state index in [1.807, 2.05) is 46.4 Å². The van der Waals surface area contributed by atoms with Crippen LogP contribution in [0.4, 0.5) is 0 Å². The van der Waals surface area contributed by atoms with Crippen molar-refractivity contribution in [2.45, 2.75) is 25.8 Å². The maximum atomic E-state index is 12.7. The Morgan fingerprint density at radius 2 is 2.38 bits per heavy atom. The number of aromatic nitrogens is 3. The van der Waals surface area contributed by atoms with Crippen LogP contribution in [0.5, 0.6) is 0 Å². The van der Waals surface area contributed by atoms with Crippen molar-refractivity contribution < 1.29 is 9.32 Å². The summed E-state index contributed by atoms with van der Waals surface area (Å²) in [4.78, 5) is 15.6. The van der Waals surface area contributed by atoms with Crippen LogP contribution in [0.3, 0.4) is 0 Å². The predicted octanol–water partition coefficient (Wildman–Crippen LogP) is 3.39. The van der Waals surface area contributed by atoms with Crippen molar-refractivity contribution in [1.29, 1.82) is 0 Å². The van der Waals surface area contributed by atoms with Gasteiger partial charge in [-0.25, -0.2) is 0 Å². The molecule has 1 fully saturated rings. The second kappa shape index (κ2) is 6.24. The molecule has 7 heteroatoms. The standard InChI is InChI=1S/C17H18N4O2S/c1-12-9-18-21(10-12)13-4-2-6-20(11-13)17(22)14-8-15(23-19-14)16-5-3-7-24-16/h3,5,7-10,13H,2,4,6,11H2,1H3/t13-/m1/s1. The molecule has 0 radical (unpaired) electrons. The number of thiophene rings is 1. The molecule has 1 saturated heterocycles. The van der Waals surface area contributed by atoms with Gasteiger partial charge in [-0.15, -0.1) is 11.3 Å². The Bertz CT molecular complexity index is 837. The monoisotopic (exact) mass is 342 g/mol. The molecule has 0 unspecified atom stereocenters. The lowest BCUT2D eigenvalue weighted by Gasteiger charge is -2.32. The van der Waals surface area contributed by atoms with Crippen molar-refractivity contribution in [3.8, 4) is 10.6 Å². The minimum Gasteiger partial charge on any atom is -0.355 e. The lowest BCUT2D eigenvalue weighted by atomic mass is 10.1. The van der Waals surface area contributed by atoms with Gasteiger partial charge in [0.15, 0.2) is 11.5 Å². The van der Waals surface area contributed by atoms with Gasteiger partial charge in [0.25, 0.3) is 5.91 Å². The smallest absolute Gasteiger partial charge is 0.276 e. The number of aryl methyl sites for hydroxylation is 1. The number of piperidine rings is 1. The van der Waals surface area contributed by atoms with Gasteiger partial charge in [0.1, 0.15) is 0 Å². The zero-order chi connectivity index (χ0) is 16.5. The van der Waals surface area contributed by atoms with Gasteiger partial charge in [0, 0.05) is 25.4 Å². The summed E-state index contributed by atoms with van der Waals surface area (Å²) < 4.78 is 7.30. The third-order valence-electron chi connectivity index (χ3n) is 4.28. The van der Waals surface area contributed by atoms with E-state index in [1.165, 1.54) is 0 Å². The fraction of sp³-hybridized carbons (Fsp3) is 0.353. The molecule has 1 aliphatic heterocycles. The first-order chi connectivity index (χ1) is 11.7. The molecule has 6 nitrogen and oxygen atoms in total. The first kappa shape index (κ1) is 15.1. The highest BCUT2D eigenvalue weighted by Crippen LogP contribution is 2.27. The lowest BCUT2D eigenvalue weighted by molar-refractivity contribution is 0.0662. The second-order valence-corrected chi connectivity index (χ2v) is 7.05. The summed E-state index contributed by atoms with van der Waals surface area (Å²) in [7, 11) is 0. The average Bonchev–Trinajstić information content (AvgIpc) is 3.34. The zero-order valence-corrected chi connectivity index (χ0v) is 14.2. The summed E-state index contributed by atoms with van der Waals surface area (Å²) in [5, 5.41) is 10.3. The SMILES string of the molecule is Cc1cnn([C@@H]2CCCN(C(=O)c3cc(-c4cccs4)on3)C2)c1. The number of nitrogens with zero attached hydrogens (tertiary/aromatic N) is 4. The Morgan fingerprint density at radius 3 is 3.12 bits per heavy atom. The van der Waals surface area contributed by atoms with Gasteiger partial charge in [0.05, 0.1) is 17.1 Å². The van der Waals surface area contributed by atoms with E-state index in [9.17, 15) is 4.79 Å². The molecule has 0 N–H and O–H groups in total. The van der Waals surface area contributed by atoms with Crippen molar-refractivity contribution in [3.63, 3.8) is 0 Å². The summed E-state index contributed by atoms with van der Waals surface area (Å²) in [5.41, 5.74) is 1.51. The molecule has 1 atom stereocenters. The molecule has 1 amide bonds. The van der Waals surface area contributed by atoms with Crippen LogP contribution in [0.1, 0.15) is 34.9 Å².